The molecular weight excluding hydrogens is 273 g/mol. The largest absolute Gasteiger partial charge is 0.451 e. The number of hydrogen-bond acceptors (Lipinski definition) is 5. The Balaban J connectivity index is 2.97. The summed E-state index contributed by atoms with van der Waals surface area (Å²) in [5.41, 5.74) is -1.01. The fourth-order valence-electron chi connectivity index (χ4n) is 1.34. The Bertz CT molecular complexity index is 449. The molecule has 1 heterocycles. The molecule has 0 aromatic carbocycles. The van der Waals surface area contributed by atoms with Gasteiger partial charge in [0, 0.05) is 19.2 Å². The number of aliphatic hydroxyl groups is 1. The quantitative estimate of drug-likeness (QED) is 0.751. The first-order chi connectivity index (χ1) is 9.18. The molecule has 1 unspecified atom stereocenters. The van der Waals surface area contributed by atoms with Gasteiger partial charge < -0.3 is 15.7 Å². The first-order valence-corrected chi connectivity index (χ1v) is 6.34. The molecule has 5 nitrogen and oxygen atoms in total. The van der Waals surface area contributed by atoms with E-state index in [4.69, 9.17) is 0 Å². The van der Waals surface area contributed by atoms with E-state index in [1.165, 1.54) is 6.07 Å². The molecule has 1 aromatic heterocycles. The highest BCUT2D eigenvalue weighted by molar-refractivity contribution is 5.48. The highest BCUT2D eigenvalue weighted by atomic mass is 19.4. The van der Waals surface area contributed by atoms with E-state index in [9.17, 15) is 18.3 Å². The van der Waals surface area contributed by atoms with Crippen molar-refractivity contribution in [2.24, 2.45) is 0 Å². The predicted molar refractivity (Wildman–Crippen MR) is 70.6 cm³/mol. The molecule has 0 saturated heterocycles. The van der Waals surface area contributed by atoms with E-state index in [1.807, 2.05) is 0 Å². The van der Waals surface area contributed by atoms with Crippen molar-refractivity contribution in [2.45, 2.75) is 39.0 Å². The molecule has 0 aliphatic carbocycles. The van der Waals surface area contributed by atoms with Crippen LogP contribution in [0.15, 0.2) is 6.07 Å². The number of halogens is 3. The van der Waals surface area contributed by atoms with Crippen molar-refractivity contribution < 1.29 is 18.3 Å². The second-order valence-corrected chi connectivity index (χ2v) is 4.69. The maximum absolute atomic E-state index is 12.7. The topological polar surface area (TPSA) is 70.1 Å². The number of nitrogens with one attached hydrogen (secondary N) is 2. The van der Waals surface area contributed by atoms with E-state index in [0.717, 1.165) is 0 Å². The standard InChI is InChI=1S/C12H19F3N4O/c1-4-11(3,20)7-17-9-6-8(16-5-2)18-10(19-9)12(13,14)15/h6,20H,4-5,7H2,1-3H3,(H2,16,17,18,19). The first-order valence-electron chi connectivity index (χ1n) is 6.34. The van der Waals surface area contributed by atoms with Crippen LogP contribution in [0.1, 0.15) is 33.0 Å². The van der Waals surface area contributed by atoms with Crippen molar-refractivity contribution in [3.8, 4) is 0 Å². The van der Waals surface area contributed by atoms with E-state index in [-0.39, 0.29) is 18.2 Å². The van der Waals surface area contributed by atoms with Gasteiger partial charge in [0.15, 0.2) is 0 Å². The molecule has 1 rings (SSSR count). The van der Waals surface area contributed by atoms with Crippen LogP contribution >= 0.6 is 0 Å². The van der Waals surface area contributed by atoms with Gasteiger partial charge in [-0.3, -0.25) is 0 Å². The summed E-state index contributed by atoms with van der Waals surface area (Å²) in [7, 11) is 0. The molecule has 0 aliphatic rings. The number of anilines is 2. The molecule has 20 heavy (non-hydrogen) atoms. The van der Waals surface area contributed by atoms with Crippen molar-refractivity contribution >= 4 is 11.6 Å². The lowest BCUT2D eigenvalue weighted by molar-refractivity contribution is -0.144. The van der Waals surface area contributed by atoms with Crippen LogP contribution in [-0.2, 0) is 6.18 Å². The third-order valence-electron chi connectivity index (χ3n) is 2.75. The molecule has 0 spiro atoms. The normalized spacial score (nSPS) is 14.8. The predicted octanol–water partition coefficient (Wildman–Crippen LogP) is 2.50. The molecule has 0 bridgehead atoms. The van der Waals surface area contributed by atoms with Gasteiger partial charge >= 0.3 is 6.18 Å². The third kappa shape index (κ3) is 4.84. The monoisotopic (exact) mass is 292 g/mol. The van der Waals surface area contributed by atoms with Crippen LogP contribution in [0, 0.1) is 0 Å². The van der Waals surface area contributed by atoms with Crippen molar-refractivity contribution in [2.75, 3.05) is 23.7 Å². The van der Waals surface area contributed by atoms with Crippen LogP contribution in [-0.4, -0.2) is 33.8 Å². The van der Waals surface area contributed by atoms with E-state index in [1.54, 1.807) is 20.8 Å². The van der Waals surface area contributed by atoms with Gasteiger partial charge in [-0.05, 0) is 20.3 Å². The summed E-state index contributed by atoms with van der Waals surface area (Å²) in [6.07, 6.45) is -4.15. The Morgan fingerprint density at radius 3 is 2.15 bits per heavy atom. The third-order valence-corrected chi connectivity index (χ3v) is 2.75. The number of rotatable bonds is 6. The number of nitrogens with zero attached hydrogens (tertiary/aromatic N) is 2. The van der Waals surface area contributed by atoms with Gasteiger partial charge in [-0.2, -0.15) is 13.2 Å². The highest BCUT2D eigenvalue weighted by Crippen LogP contribution is 2.28. The van der Waals surface area contributed by atoms with Gasteiger partial charge in [-0.1, -0.05) is 6.92 Å². The van der Waals surface area contributed by atoms with Crippen LogP contribution < -0.4 is 10.6 Å². The Hall–Kier alpha value is -1.57. The second kappa shape index (κ2) is 6.25. The summed E-state index contributed by atoms with van der Waals surface area (Å²) >= 11 is 0. The lowest BCUT2D eigenvalue weighted by Gasteiger charge is -2.22. The molecule has 114 valence electrons. The van der Waals surface area contributed by atoms with Gasteiger partial charge in [0.2, 0.25) is 5.82 Å². The fraction of sp³-hybridized carbons (Fsp3) is 0.667. The van der Waals surface area contributed by atoms with E-state index >= 15 is 0 Å². The van der Waals surface area contributed by atoms with Crippen molar-refractivity contribution in [1.29, 1.82) is 0 Å². The number of hydrogen-bond donors (Lipinski definition) is 3. The Morgan fingerprint density at radius 2 is 1.70 bits per heavy atom. The van der Waals surface area contributed by atoms with E-state index in [0.29, 0.717) is 13.0 Å². The molecule has 3 N–H and O–H groups in total. The van der Waals surface area contributed by atoms with Crippen molar-refractivity contribution in [3.05, 3.63) is 11.9 Å². The highest BCUT2D eigenvalue weighted by Gasteiger charge is 2.35. The zero-order valence-electron chi connectivity index (χ0n) is 11.7. The Labute approximate surface area is 115 Å². The van der Waals surface area contributed by atoms with Crippen LogP contribution in [0.4, 0.5) is 24.8 Å². The molecule has 0 aliphatic heterocycles. The molecule has 0 fully saturated rings. The summed E-state index contributed by atoms with van der Waals surface area (Å²) in [5, 5.41) is 15.3. The van der Waals surface area contributed by atoms with Crippen LogP contribution in [0.25, 0.3) is 0 Å². The van der Waals surface area contributed by atoms with Crippen molar-refractivity contribution in [1.82, 2.24) is 9.97 Å². The molecule has 0 saturated carbocycles. The van der Waals surface area contributed by atoms with Crippen LogP contribution in [0.3, 0.4) is 0 Å². The average Bonchev–Trinajstić information content (AvgIpc) is 2.36. The van der Waals surface area contributed by atoms with Crippen LogP contribution in [0.2, 0.25) is 0 Å². The minimum Gasteiger partial charge on any atom is -0.388 e. The summed E-state index contributed by atoms with van der Waals surface area (Å²) < 4.78 is 38.1. The number of alkyl halides is 3. The smallest absolute Gasteiger partial charge is 0.388 e. The minimum atomic E-state index is -4.62. The summed E-state index contributed by atoms with van der Waals surface area (Å²) in [6.45, 7) is 5.68. The average molecular weight is 292 g/mol. The second-order valence-electron chi connectivity index (χ2n) is 4.69. The summed E-state index contributed by atoms with van der Waals surface area (Å²) in [6, 6.07) is 1.38. The van der Waals surface area contributed by atoms with Gasteiger partial charge in [0.1, 0.15) is 11.6 Å². The number of aromatic nitrogens is 2. The molecule has 0 amide bonds. The van der Waals surface area contributed by atoms with Gasteiger partial charge in [-0.25, -0.2) is 9.97 Å². The van der Waals surface area contributed by atoms with Gasteiger partial charge in [0.25, 0.3) is 0 Å². The van der Waals surface area contributed by atoms with Crippen LogP contribution in [0.5, 0.6) is 0 Å². The maximum atomic E-state index is 12.7. The van der Waals surface area contributed by atoms with Gasteiger partial charge in [0.05, 0.1) is 5.60 Å². The minimum absolute atomic E-state index is 0.0250. The Morgan fingerprint density at radius 1 is 1.15 bits per heavy atom. The molecule has 8 heteroatoms. The summed E-state index contributed by atoms with van der Waals surface area (Å²) in [5.74, 6) is -1.10. The Kier molecular flexibility index (Phi) is 5.15. The molecule has 0 radical (unpaired) electrons. The maximum Gasteiger partial charge on any atom is 0.451 e. The molecule has 1 aromatic rings. The molecular formula is C12H19F3N4O. The zero-order chi connectivity index (χ0) is 15.4. The SMILES string of the molecule is CCNc1cc(NCC(C)(O)CC)nc(C(F)(F)F)n1. The van der Waals surface area contributed by atoms with E-state index < -0.39 is 17.6 Å². The summed E-state index contributed by atoms with van der Waals surface area (Å²) in [4.78, 5) is 6.84. The fourth-order valence-corrected chi connectivity index (χ4v) is 1.34. The lowest BCUT2D eigenvalue weighted by atomic mass is 10.0. The van der Waals surface area contributed by atoms with E-state index in [2.05, 4.69) is 20.6 Å². The van der Waals surface area contributed by atoms with Gasteiger partial charge in [-0.15, -0.1) is 0 Å². The van der Waals surface area contributed by atoms with Crippen molar-refractivity contribution in [3.63, 3.8) is 0 Å². The molecule has 1 atom stereocenters. The first kappa shape index (κ1) is 16.5. The zero-order valence-corrected chi connectivity index (χ0v) is 11.7. The lowest BCUT2D eigenvalue weighted by Crippen LogP contribution is -2.32.